The molecule has 2 aliphatic carbocycles. The number of carbonyl (C=O) groups excluding carboxylic acids is 5. The normalized spacial score (nSPS) is 30.4. The second-order valence-corrected chi connectivity index (χ2v) is 18.4. The monoisotopic (exact) mass is 731 g/mol. The van der Waals surface area contributed by atoms with Crippen molar-refractivity contribution in [2.75, 3.05) is 12.3 Å². The first kappa shape index (κ1) is 39.3. The molecule has 2 saturated carbocycles. The zero-order valence-electron chi connectivity index (χ0n) is 30.8. The highest BCUT2D eigenvalue weighted by Crippen LogP contribution is 2.39. The highest BCUT2D eigenvalue weighted by Gasteiger charge is 2.50. The van der Waals surface area contributed by atoms with E-state index in [0.717, 1.165) is 82.6 Å². The Kier molecular flexibility index (Phi) is 13.6. The van der Waals surface area contributed by atoms with E-state index in [9.17, 15) is 32.4 Å². The van der Waals surface area contributed by atoms with Gasteiger partial charge in [0.2, 0.25) is 17.7 Å². The zero-order valence-corrected chi connectivity index (χ0v) is 31.6. The predicted molar refractivity (Wildman–Crippen MR) is 195 cm³/mol. The number of urea groups is 1. The fraction of sp³-hybridized carbons (Fsp3) is 0.816. The minimum Gasteiger partial charge on any atom is -0.353 e. The number of nitrogens with one attached hydrogen (secondary N) is 4. The van der Waals surface area contributed by atoms with Crippen LogP contribution in [0.5, 0.6) is 0 Å². The Hall–Kier alpha value is -2.96. The minimum absolute atomic E-state index is 0.132. The molecular formula is C38H61N5O7S. The van der Waals surface area contributed by atoms with Crippen LogP contribution in [0.2, 0.25) is 0 Å². The van der Waals surface area contributed by atoms with Crippen LogP contribution in [-0.4, -0.2) is 90.1 Å². The first-order valence-corrected chi connectivity index (χ1v) is 21.5. The molecule has 0 radical (unpaired) electrons. The maximum Gasteiger partial charge on any atom is 0.315 e. The molecule has 0 aromatic heterocycles. The van der Waals surface area contributed by atoms with Crippen LogP contribution in [0.15, 0.2) is 11.6 Å². The lowest BCUT2D eigenvalue weighted by molar-refractivity contribution is -0.141. The topological polar surface area (TPSA) is 171 Å². The number of nitrogens with zero attached hydrogens (tertiary/aromatic N) is 1. The van der Waals surface area contributed by atoms with Crippen LogP contribution < -0.4 is 21.3 Å². The third-order valence-corrected chi connectivity index (χ3v) is 14.1. The molecule has 5 rings (SSSR count). The zero-order chi connectivity index (χ0) is 36.6. The van der Waals surface area contributed by atoms with Gasteiger partial charge >= 0.3 is 6.03 Å². The summed E-state index contributed by atoms with van der Waals surface area (Å²) in [6.07, 6.45) is 16.1. The summed E-state index contributed by atoms with van der Waals surface area (Å²) in [6.45, 7) is 4.21. The first-order chi connectivity index (χ1) is 24.4. The summed E-state index contributed by atoms with van der Waals surface area (Å²) in [7, 11) is -3.34. The van der Waals surface area contributed by atoms with Gasteiger partial charge in [0, 0.05) is 18.5 Å². The van der Waals surface area contributed by atoms with Crippen molar-refractivity contribution in [2.45, 2.75) is 177 Å². The molecule has 5 atom stereocenters. The molecule has 13 heteroatoms. The van der Waals surface area contributed by atoms with Crippen LogP contribution in [0.25, 0.3) is 0 Å². The van der Waals surface area contributed by atoms with Crippen molar-refractivity contribution in [3.8, 4) is 0 Å². The molecule has 51 heavy (non-hydrogen) atoms. The summed E-state index contributed by atoms with van der Waals surface area (Å²) in [6, 6.07) is -3.02. The Morgan fingerprint density at radius 2 is 1.47 bits per heavy atom. The third-order valence-electron chi connectivity index (χ3n) is 11.7. The van der Waals surface area contributed by atoms with E-state index in [1.807, 2.05) is 19.9 Å². The molecule has 286 valence electrons. The molecule has 5 amide bonds. The number of ketones is 1. The van der Waals surface area contributed by atoms with E-state index in [1.165, 1.54) is 0 Å². The summed E-state index contributed by atoms with van der Waals surface area (Å²) in [4.78, 5) is 70.1. The number of hydrogen-bond donors (Lipinski definition) is 4. The smallest absolute Gasteiger partial charge is 0.315 e. The van der Waals surface area contributed by atoms with Gasteiger partial charge in [-0.3, -0.25) is 19.2 Å². The van der Waals surface area contributed by atoms with Gasteiger partial charge in [0.25, 0.3) is 0 Å². The average Bonchev–Trinajstić information content (AvgIpc) is 3.66. The number of Topliss-reactive ketones (excluding diaryl/α,β-unsaturated/α-hetero) is 1. The molecular weight excluding hydrogens is 671 g/mol. The van der Waals surface area contributed by atoms with Crippen LogP contribution >= 0.6 is 0 Å². The summed E-state index contributed by atoms with van der Waals surface area (Å²) < 4.78 is 26.2. The second-order valence-electron chi connectivity index (χ2n) is 16.1. The van der Waals surface area contributed by atoms with E-state index in [2.05, 4.69) is 21.3 Å². The molecule has 3 saturated heterocycles. The Morgan fingerprint density at radius 3 is 2.10 bits per heavy atom. The predicted octanol–water partition coefficient (Wildman–Crippen LogP) is 4.36. The Balaban J connectivity index is 1.37. The van der Waals surface area contributed by atoms with Gasteiger partial charge in [-0.2, -0.15) is 0 Å². The van der Waals surface area contributed by atoms with Gasteiger partial charge in [-0.25, -0.2) is 13.2 Å². The summed E-state index contributed by atoms with van der Waals surface area (Å²) in [5, 5.41) is 11.3. The molecule has 4 N–H and O–H groups in total. The van der Waals surface area contributed by atoms with E-state index >= 15 is 0 Å². The second kappa shape index (κ2) is 17.7. The number of allylic oxidation sites excluding steroid dienone is 1. The first-order valence-electron chi connectivity index (χ1n) is 19.8. The van der Waals surface area contributed by atoms with Crippen LogP contribution in [0, 0.1) is 5.92 Å². The molecule has 5 aliphatic rings. The Bertz CT molecular complexity index is 1420. The van der Waals surface area contributed by atoms with Crippen LogP contribution in [0.4, 0.5) is 4.79 Å². The van der Waals surface area contributed by atoms with E-state index in [-0.39, 0.29) is 41.7 Å². The van der Waals surface area contributed by atoms with Crippen molar-refractivity contribution in [1.29, 1.82) is 0 Å². The molecule has 0 bridgehead atoms. The van der Waals surface area contributed by atoms with E-state index in [1.54, 1.807) is 4.90 Å². The molecule has 0 spiro atoms. The molecule has 3 aliphatic heterocycles. The summed E-state index contributed by atoms with van der Waals surface area (Å²) in [5.41, 5.74) is 0.146. The quantitative estimate of drug-likeness (QED) is 0.212. The molecule has 12 nitrogen and oxygen atoms in total. The summed E-state index contributed by atoms with van der Waals surface area (Å²) in [5.74, 6) is -1.56. The van der Waals surface area contributed by atoms with Crippen molar-refractivity contribution in [3.05, 3.63) is 11.6 Å². The largest absolute Gasteiger partial charge is 0.353 e. The number of rotatable bonds is 8. The lowest BCUT2D eigenvalue weighted by Gasteiger charge is -2.42. The standard InChI is InChI=1S/C38H61N5O7S/c1-26(2)24-27-19-22-43-34(27)35(46)40-29(31(44)25-33(45)39-28-17-18-28)14-9-6-4-3-5-7-10-15-30(36(43)47)41-37(48)42-38(20-11-8-12-21-38)32-16-13-23-51(32,49)50/h24,27-30,32,34H,3-23,25H2,1-2H3,(H,39,45)(H,40,46)(H2,41,42,48)/t27-,29+,30+,32?,34+/m1/s1. The van der Waals surface area contributed by atoms with Crippen molar-refractivity contribution >= 4 is 39.4 Å². The van der Waals surface area contributed by atoms with Crippen molar-refractivity contribution in [3.63, 3.8) is 0 Å². The number of amides is 5. The van der Waals surface area contributed by atoms with Crippen LogP contribution in [-0.2, 0) is 29.0 Å². The van der Waals surface area contributed by atoms with E-state index in [4.69, 9.17) is 0 Å². The lowest BCUT2D eigenvalue weighted by Crippen LogP contribution is -2.63. The Labute approximate surface area is 304 Å². The van der Waals surface area contributed by atoms with Gasteiger partial charge in [-0.1, -0.05) is 75.9 Å². The molecule has 3 heterocycles. The number of sulfone groups is 1. The van der Waals surface area contributed by atoms with Crippen LogP contribution in [0.3, 0.4) is 0 Å². The van der Waals surface area contributed by atoms with Gasteiger partial charge in [0.05, 0.1) is 29.0 Å². The molecule has 0 aromatic rings. The molecule has 5 fully saturated rings. The SMILES string of the molecule is CC(C)=C[C@H]1CCN2C(=O)[C@@H](NC(=O)NC3(C4CCCS4(=O)=O)CCCCC3)CCCCCCCCC[C@@H](C(=O)CC(=O)NC3CC3)NC(=O)[C@H]12. The number of carbonyl (C=O) groups is 5. The van der Waals surface area contributed by atoms with Crippen molar-refractivity contribution in [1.82, 2.24) is 26.2 Å². The molecule has 1 unspecified atom stereocenters. The maximum absolute atomic E-state index is 14.5. The van der Waals surface area contributed by atoms with Gasteiger partial charge in [0.15, 0.2) is 15.6 Å². The van der Waals surface area contributed by atoms with E-state index in [0.29, 0.717) is 51.5 Å². The highest BCUT2D eigenvalue weighted by molar-refractivity contribution is 7.92. The van der Waals surface area contributed by atoms with Gasteiger partial charge in [-0.05, 0) is 71.6 Å². The maximum atomic E-state index is 14.5. The number of hydrogen-bond acceptors (Lipinski definition) is 7. The Morgan fingerprint density at radius 1 is 0.824 bits per heavy atom. The van der Waals surface area contributed by atoms with E-state index < -0.39 is 50.7 Å². The summed E-state index contributed by atoms with van der Waals surface area (Å²) >= 11 is 0. The fourth-order valence-corrected chi connectivity index (χ4v) is 11.3. The fourth-order valence-electron chi connectivity index (χ4n) is 8.94. The number of fused-ring (bicyclic) bond motifs is 1. The minimum atomic E-state index is -3.34. The lowest BCUT2D eigenvalue weighted by atomic mass is 9.78. The van der Waals surface area contributed by atoms with Gasteiger partial charge in [-0.15, -0.1) is 0 Å². The van der Waals surface area contributed by atoms with Crippen molar-refractivity contribution in [2.24, 2.45) is 5.92 Å². The van der Waals surface area contributed by atoms with Gasteiger partial charge in [0.1, 0.15) is 12.1 Å². The van der Waals surface area contributed by atoms with Crippen LogP contribution in [0.1, 0.15) is 142 Å². The average molecular weight is 732 g/mol. The third kappa shape index (κ3) is 10.6. The van der Waals surface area contributed by atoms with Crippen molar-refractivity contribution < 1.29 is 32.4 Å². The van der Waals surface area contributed by atoms with Gasteiger partial charge < -0.3 is 26.2 Å². The highest BCUT2D eigenvalue weighted by atomic mass is 32.2. The molecule has 0 aromatic carbocycles.